The van der Waals surface area contributed by atoms with Crippen molar-refractivity contribution in [1.82, 2.24) is 0 Å². The van der Waals surface area contributed by atoms with Gasteiger partial charge in [0.15, 0.2) is 0 Å². The summed E-state index contributed by atoms with van der Waals surface area (Å²) in [5.74, 6) is 4.59. The van der Waals surface area contributed by atoms with Crippen LogP contribution in [0.3, 0.4) is 0 Å². The normalized spacial score (nSPS) is 46.8. The SMILES string of the molecule is CC.CC.CC[C@@H]1C2CCCCC2(C)C2CCC3(C)C(CCC3[C@H](C)CCO)C2[C@@H]1O. The Morgan fingerprint density at radius 3 is 2.10 bits per heavy atom. The Labute approximate surface area is 195 Å². The molecule has 2 heteroatoms. The molecule has 0 aromatic rings. The molecule has 0 aromatic carbocycles. The van der Waals surface area contributed by atoms with E-state index in [4.69, 9.17) is 0 Å². The number of fused-ring (bicyclic) bond motifs is 5. The zero-order chi connectivity index (χ0) is 23.4. The smallest absolute Gasteiger partial charge is 0.0605 e. The topological polar surface area (TPSA) is 40.5 Å². The molecule has 0 saturated heterocycles. The standard InChI is InChI=1S/C25H44O2.2C2H6/c1-5-17-19-8-6-7-13-24(19,3)21-11-14-25(4)18(16(2)12-15-26)9-10-20(25)22(21)23(17)27;2*1-2/h16-23,26-27H,5-15H2,1-4H3;2*1-2H3/t16-,17-,18?,19?,20?,21?,22?,23-,24?,25?;;/m1../s1. The van der Waals surface area contributed by atoms with E-state index in [0.717, 1.165) is 30.6 Å². The van der Waals surface area contributed by atoms with Gasteiger partial charge in [0.05, 0.1) is 6.10 Å². The van der Waals surface area contributed by atoms with Crippen LogP contribution in [0.1, 0.15) is 120 Å². The maximum absolute atomic E-state index is 11.7. The van der Waals surface area contributed by atoms with E-state index >= 15 is 0 Å². The van der Waals surface area contributed by atoms with E-state index < -0.39 is 0 Å². The van der Waals surface area contributed by atoms with Crippen molar-refractivity contribution >= 4 is 0 Å². The van der Waals surface area contributed by atoms with E-state index in [2.05, 4.69) is 27.7 Å². The molecule has 0 aliphatic heterocycles. The van der Waals surface area contributed by atoms with Crippen molar-refractivity contribution in [3.8, 4) is 0 Å². The first-order valence-corrected chi connectivity index (χ1v) is 14.2. The highest BCUT2D eigenvalue weighted by molar-refractivity contribution is 5.13. The molecule has 0 spiro atoms. The summed E-state index contributed by atoms with van der Waals surface area (Å²) in [6, 6.07) is 0. The van der Waals surface area contributed by atoms with Gasteiger partial charge in [0.2, 0.25) is 0 Å². The second kappa shape index (κ2) is 11.4. The highest BCUT2D eigenvalue weighted by Crippen LogP contribution is 2.69. The Balaban J connectivity index is 0.000000807. The molecule has 7 unspecified atom stereocenters. The lowest BCUT2D eigenvalue weighted by molar-refractivity contribution is -0.194. The van der Waals surface area contributed by atoms with Gasteiger partial charge in [-0.3, -0.25) is 0 Å². The number of hydrogen-bond donors (Lipinski definition) is 2. The summed E-state index contributed by atoms with van der Waals surface area (Å²) < 4.78 is 0. The summed E-state index contributed by atoms with van der Waals surface area (Å²) in [6.45, 7) is 18.2. The Hall–Kier alpha value is -0.0800. The van der Waals surface area contributed by atoms with Crippen molar-refractivity contribution in [3.63, 3.8) is 0 Å². The molecule has 0 radical (unpaired) electrons. The second-order valence-electron chi connectivity index (χ2n) is 11.4. The van der Waals surface area contributed by atoms with Crippen LogP contribution in [0.15, 0.2) is 0 Å². The first-order valence-electron chi connectivity index (χ1n) is 14.2. The molecule has 0 heterocycles. The van der Waals surface area contributed by atoms with Crippen LogP contribution in [0, 0.1) is 52.3 Å². The summed E-state index contributed by atoms with van der Waals surface area (Å²) in [7, 11) is 0. The van der Waals surface area contributed by atoms with Crippen LogP contribution in [0.25, 0.3) is 0 Å². The predicted octanol–water partition coefficient (Wildman–Crippen LogP) is 7.71. The molecule has 10 atom stereocenters. The van der Waals surface area contributed by atoms with Crippen molar-refractivity contribution in [2.75, 3.05) is 6.61 Å². The molecular weight excluding hydrogens is 380 g/mol. The lowest BCUT2D eigenvalue weighted by atomic mass is 9.41. The molecular formula is C29H56O2. The van der Waals surface area contributed by atoms with Crippen LogP contribution >= 0.6 is 0 Å². The number of hydrogen-bond acceptors (Lipinski definition) is 2. The van der Waals surface area contributed by atoms with E-state index in [9.17, 15) is 10.2 Å². The van der Waals surface area contributed by atoms with E-state index in [1.807, 2.05) is 27.7 Å². The van der Waals surface area contributed by atoms with Gasteiger partial charge in [-0.15, -0.1) is 0 Å². The van der Waals surface area contributed by atoms with Gasteiger partial charge in [-0.2, -0.15) is 0 Å². The van der Waals surface area contributed by atoms with Gasteiger partial charge < -0.3 is 10.2 Å². The largest absolute Gasteiger partial charge is 0.396 e. The van der Waals surface area contributed by atoms with E-state index in [-0.39, 0.29) is 6.10 Å². The molecule has 4 aliphatic carbocycles. The predicted molar refractivity (Wildman–Crippen MR) is 134 cm³/mol. The first-order chi connectivity index (χ1) is 14.9. The van der Waals surface area contributed by atoms with E-state index in [1.54, 1.807) is 0 Å². The highest BCUT2D eigenvalue weighted by Gasteiger charge is 2.64. The molecule has 4 aliphatic rings. The summed E-state index contributed by atoms with van der Waals surface area (Å²) in [5, 5.41) is 21.2. The zero-order valence-corrected chi connectivity index (χ0v) is 22.3. The molecule has 4 rings (SSSR count). The van der Waals surface area contributed by atoms with Crippen molar-refractivity contribution in [3.05, 3.63) is 0 Å². The third kappa shape index (κ3) is 4.51. The molecule has 4 fully saturated rings. The summed E-state index contributed by atoms with van der Waals surface area (Å²) >= 11 is 0. The lowest BCUT2D eigenvalue weighted by Crippen LogP contribution is -2.61. The van der Waals surface area contributed by atoms with Crippen LogP contribution < -0.4 is 0 Å². The molecule has 2 nitrogen and oxygen atoms in total. The molecule has 0 bridgehead atoms. The maximum atomic E-state index is 11.7. The summed E-state index contributed by atoms with van der Waals surface area (Å²) in [5.41, 5.74) is 0.853. The molecule has 0 aromatic heterocycles. The Morgan fingerprint density at radius 2 is 1.48 bits per heavy atom. The van der Waals surface area contributed by atoms with Crippen LogP contribution in [0.2, 0.25) is 0 Å². The summed E-state index contributed by atoms with van der Waals surface area (Å²) in [4.78, 5) is 0. The fourth-order valence-electron chi connectivity index (χ4n) is 9.42. The van der Waals surface area contributed by atoms with E-state index in [0.29, 0.717) is 41.1 Å². The van der Waals surface area contributed by atoms with Gasteiger partial charge in [-0.05, 0) is 97.2 Å². The van der Waals surface area contributed by atoms with Gasteiger partial charge in [0.25, 0.3) is 0 Å². The number of aliphatic hydroxyl groups is 2. The van der Waals surface area contributed by atoms with Crippen LogP contribution in [-0.4, -0.2) is 22.9 Å². The summed E-state index contributed by atoms with van der Waals surface area (Å²) in [6.07, 6.45) is 12.9. The molecule has 2 N–H and O–H groups in total. The van der Waals surface area contributed by atoms with Gasteiger partial charge in [-0.25, -0.2) is 0 Å². The number of aliphatic hydroxyl groups excluding tert-OH is 2. The Bertz CT molecular complexity index is 533. The van der Waals surface area contributed by atoms with Gasteiger partial charge in [0, 0.05) is 6.61 Å². The van der Waals surface area contributed by atoms with Crippen molar-refractivity contribution < 1.29 is 10.2 Å². The third-order valence-electron chi connectivity index (χ3n) is 10.7. The lowest BCUT2D eigenvalue weighted by Gasteiger charge is -2.64. The van der Waals surface area contributed by atoms with E-state index in [1.165, 1.54) is 51.4 Å². The minimum absolute atomic E-state index is 0.0762. The minimum atomic E-state index is -0.0762. The quantitative estimate of drug-likeness (QED) is 0.473. The average molecular weight is 437 g/mol. The van der Waals surface area contributed by atoms with Crippen LogP contribution in [0.5, 0.6) is 0 Å². The third-order valence-corrected chi connectivity index (χ3v) is 10.7. The second-order valence-corrected chi connectivity index (χ2v) is 11.4. The molecule has 184 valence electrons. The monoisotopic (exact) mass is 436 g/mol. The highest BCUT2D eigenvalue weighted by atomic mass is 16.3. The van der Waals surface area contributed by atoms with Crippen molar-refractivity contribution in [2.45, 2.75) is 126 Å². The average Bonchev–Trinajstić information content (AvgIpc) is 3.14. The molecule has 31 heavy (non-hydrogen) atoms. The molecule has 0 amide bonds. The van der Waals surface area contributed by atoms with Gasteiger partial charge in [-0.1, -0.05) is 74.7 Å². The molecule has 4 saturated carbocycles. The Kier molecular flexibility index (Phi) is 9.96. The number of rotatable bonds is 4. The van der Waals surface area contributed by atoms with Crippen molar-refractivity contribution in [2.24, 2.45) is 52.3 Å². The van der Waals surface area contributed by atoms with Gasteiger partial charge in [0.1, 0.15) is 0 Å². The van der Waals surface area contributed by atoms with Crippen LogP contribution in [0.4, 0.5) is 0 Å². The first kappa shape index (κ1) is 27.2. The minimum Gasteiger partial charge on any atom is -0.396 e. The van der Waals surface area contributed by atoms with Crippen LogP contribution in [-0.2, 0) is 0 Å². The Morgan fingerprint density at radius 1 is 0.839 bits per heavy atom. The fraction of sp³-hybridized carbons (Fsp3) is 1.00. The van der Waals surface area contributed by atoms with Crippen molar-refractivity contribution in [1.29, 1.82) is 0 Å². The van der Waals surface area contributed by atoms with Gasteiger partial charge >= 0.3 is 0 Å². The fourth-order valence-corrected chi connectivity index (χ4v) is 9.42. The maximum Gasteiger partial charge on any atom is 0.0605 e. The zero-order valence-electron chi connectivity index (χ0n) is 22.3.